The Bertz CT molecular complexity index is 1120. The fraction of sp³-hybridized carbons (Fsp3) is 0.357. The molecule has 6 heteroatoms. The minimum atomic E-state index is -0.557. The van der Waals surface area contributed by atoms with E-state index in [1.165, 1.54) is 0 Å². The van der Waals surface area contributed by atoms with E-state index in [-0.39, 0.29) is 18.3 Å². The molecule has 0 spiro atoms. The number of nitrogens with one attached hydrogen (secondary N) is 1. The average molecular weight is 462 g/mol. The molecule has 0 aromatic heterocycles. The van der Waals surface area contributed by atoms with Crippen LogP contribution in [0.25, 0.3) is 0 Å². The maximum absolute atomic E-state index is 13.7. The van der Waals surface area contributed by atoms with Crippen LogP contribution in [0.5, 0.6) is 5.75 Å². The first-order chi connectivity index (χ1) is 16.5. The summed E-state index contributed by atoms with van der Waals surface area (Å²) in [7, 11) is 1.56. The van der Waals surface area contributed by atoms with Crippen molar-refractivity contribution in [3.8, 4) is 5.75 Å². The minimum Gasteiger partial charge on any atom is -0.494 e. The molecule has 178 valence electrons. The highest BCUT2D eigenvalue weighted by atomic mass is 16.6. The molecule has 1 aliphatic carbocycles. The maximum Gasteiger partial charge on any atom is 0.336 e. The van der Waals surface area contributed by atoms with Crippen molar-refractivity contribution in [3.63, 3.8) is 0 Å². The van der Waals surface area contributed by atoms with Crippen LogP contribution < -0.4 is 10.1 Å². The molecule has 34 heavy (non-hydrogen) atoms. The smallest absolute Gasteiger partial charge is 0.336 e. The number of rotatable bonds is 8. The number of carbonyl (C=O) groups is 2. The average Bonchev–Trinajstić information content (AvgIpc) is 2.84. The Morgan fingerprint density at radius 3 is 2.50 bits per heavy atom. The minimum absolute atomic E-state index is 0.0357. The highest BCUT2D eigenvalue weighted by molar-refractivity contribution is 6.04. The molecule has 0 fully saturated rings. The van der Waals surface area contributed by atoms with Crippen molar-refractivity contribution in [3.05, 3.63) is 88.3 Å². The van der Waals surface area contributed by atoms with Gasteiger partial charge in [-0.25, -0.2) is 4.79 Å². The van der Waals surface area contributed by atoms with E-state index >= 15 is 0 Å². The van der Waals surface area contributed by atoms with Gasteiger partial charge < -0.3 is 19.5 Å². The summed E-state index contributed by atoms with van der Waals surface area (Å²) in [6.07, 6.45) is 1.09. The van der Waals surface area contributed by atoms with Crippen molar-refractivity contribution in [2.24, 2.45) is 0 Å². The molecule has 0 amide bonds. The van der Waals surface area contributed by atoms with Gasteiger partial charge in [-0.1, -0.05) is 48.5 Å². The maximum atomic E-state index is 13.7. The summed E-state index contributed by atoms with van der Waals surface area (Å²) < 4.78 is 16.5. The van der Waals surface area contributed by atoms with Gasteiger partial charge in [0.25, 0.3) is 0 Å². The Morgan fingerprint density at radius 2 is 1.76 bits per heavy atom. The van der Waals surface area contributed by atoms with Gasteiger partial charge in [0.05, 0.1) is 24.7 Å². The largest absolute Gasteiger partial charge is 0.494 e. The van der Waals surface area contributed by atoms with Crippen LogP contribution in [0.2, 0.25) is 0 Å². The predicted octanol–water partition coefficient (Wildman–Crippen LogP) is 4.64. The van der Waals surface area contributed by atoms with Crippen LogP contribution in [0.1, 0.15) is 49.7 Å². The van der Waals surface area contributed by atoms with Crippen LogP contribution in [0, 0.1) is 0 Å². The third-order valence-corrected chi connectivity index (χ3v) is 6.37. The molecular formula is C28H31NO5. The molecule has 1 N–H and O–H groups in total. The number of carbonyl (C=O) groups excluding carboxylic acids is 2. The molecule has 4 rings (SSSR count). The van der Waals surface area contributed by atoms with Gasteiger partial charge >= 0.3 is 5.97 Å². The van der Waals surface area contributed by atoms with Crippen LogP contribution >= 0.6 is 0 Å². The summed E-state index contributed by atoms with van der Waals surface area (Å²) in [4.78, 5) is 26.9. The number of esters is 1. The first kappa shape index (κ1) is 23.8. The van der Waals surface area contributed by atoms with E-state index in [1.54, 1.807) is 7.11 Å². The molecule has 0 bridgehead atoms. The van der Waals surface area contributed by atoms with Crippen molar-refractivity contribution >= 4 is 11.8 Å². The number of hydrogen-bond acceptors (Lipinski definition) is 6. The van der Waals surface area contributed by atoms with Crippen molar-refractivity contribution in [2.75, 3.05) is 26.9 Å². The fourth-order valence-corrected chi connectivity index (χ4v) is 4.88. The second-order valence-electron chi connectivity index (χ2n) is 8.53. The van der Waals surface area contributed by atoms with E-state index in [1.807, 2.05) is 56.3 Å². The number of methoxy groups -OCH3 is 1. The highest BCUT2D eigenvalue weighted by Crippen LogP contribution is 2.47. The summed E-state index contributed by atoms with van der Waals surface area (Å²) in [6, 6.07) is 17.7. The number of Topliss-reactive ketones (excluding diaryl/α,β-unsaturated/α-hetero) is 1. The van der Waals surface area contributed by atoms with Gasteiger partial charge in [0.2, 0.25) is 0 Å². The van der Waals surface area contributed by atoms with Crippen molar-refractivity contribution < 1.29 is 23.8 Å². The second-order valence-corrected chi connectivity index (χ2v) is 8.53. The van der Waals surface area contributed by atoms with Crippen LogP contribution in [0.4, 0.5) is 0 Å². The summed E-state index contributed by atoms with van der Waals surface area (Å²) in [5, 5.41) is 3.39. The van der Waals surface area contributed by atoms with Crippen molar-refractivity contribution in [1.82, 2.24) is 5.32 Å². The Labute approximate surface area is 200 Å². The topological polar surface area (TPSA) is 73.9 Å². The van der Waals surface area contributed by atoms with Gasteiger partial charge in [-0.3, -0.25) is 4.79 Å². The molecule has 6 nitrogen and oxygen atoms in total. The molecule has 0 saturated heterocycles. The fourth-order valence-electron chi connectivity index (χ4n) is 4.88. The Kier molecular flexibility index (Phi) is 7.48. The van der Waals surface area contributed by atoms with Crippen molar-refractivity contribution in [2.45, 2.75) is 38.5 Å². The third kappa shape index (κ3) is 4.77. The van der Waals surface area contributed by atoms with Gasteiger partial charge in [-0.2, -0.15) is 0 Å². The zero-order valence-electron chi connectivity index (χ0n) is 19.9. The van der Waals surface area contributed by atoms with E-state index in [2.05, 4.69) is 17.4 Å². The highest BCUT2D eigenvalue weighted by Gasteiger charge is 2.42. The van der Waals surface area contributed by atoms with E-state index in [0.717, 1.165) is 16.8 Å². The molecule has 0 saturated carbocycles. The molecule has 0 unspecified atom stereocenters. The van der Waals surface area contributed by atoms with E-state index < -0.39 is 11.9 Å². The number of benzene rings is 2. The van der Waals surface area contributed by atoms with Gasteiger partial charge in [0.15, 0.2) is 5.78 Å². The molecule has 2 aliphatic rings. The Hall–Kier alpha value is -3.38. The van der Waals surface area contributed by atoms with E-state index in [4.69, 9.17) is 14.2 Å². The molecule has 0 radical (unpaired) electrons. The first-order valence-electron chi connectivity index (χ1n) is 11.7. The molecule has 2 aromatic rings. The summed E-state index contributed by atoms with van der Waals surface area (Å²) in [5.41, 5.74) is 4.56. The lowest BCUT2D eigenvalue weighted by Crippen LogP contribution is -2.36. The second kappa shape index (κ2) is 10.7. The SMILES string of the molecule is CCOc1ccccc1[C@@H]1C(C(=O)OCCOC)=C(C)NC2=C1C(=O)C[C@H](c1ccccc1)C2. The zero-order chi connectivity index (χ0) is 24.1. The van der Waals surface area contributed by atoms with Crippen LogP contribution in [0.3, 0.4) is 0 Å². The lowest BCUT2D eigenvalue weighted by Gasteiger charge is -2.37. The third-order valence-electron chi connectivity index (χ3n) is 6.37. The zero-order valence-corrected chi connectivity index (χ0v) is 19.9. The summed E-state index contributed by atoms with van der Waals surface area (Å²) >= 11 is 0. The molecule has 1 aliphatic heterocycles. The lowest BCUT2D eigenvalue weighted by atomic mass is 9.71. The number of para-hydroxylation sites is 1. The number of dihydropyridines is 1. The number of allylic oxidation sites excluding steroid dienone is 3. The van der Waals surface area contributed by atoms with Gasteiger partial charge in [-0.05, 0) is 37.8 Å². The summed E-state index contributed by atoms with van der Waals surface area (Å²) in [6.45, 7) is 4.71. The van der Waals surface area contributed by atoms with Crippen LogP contribution in [0.15, 0.2) is 77.1 Å². The lowest BCUT2D eigenvalue weighted by molar-refractivity contribution is -0.140. The predicted molar refractivity (Wildman–Crippen MR) is 129 cm³/mol. The normalized spacial score (nSPS) is 20.0. The van der Waals surface area contributed by atoms with Crippen molar-refractivity contribution in [1.29, 1.82) is 0 Å². The molecule has 2 aromatic carbocycles. The van der Waals surface area contributed by atoms with Gasteiger partial charge in [0, 0.05) is 36.1 Å². The standard InChI is InChI=1S/C28H31NO5/c1-4-33-24-13-9-8-12-21(24)26-25(28(31)34-15-14-32-3)18(2)29-22-16-20(17-23(30)27(22)26)19-10-6-5-7-11-19/h5-13,20,26,29H,4,14-17H2,1-3H3/t20-,26-/m1/s1. The van der Waals surface area contributed by atoms with E-state index in [9.17, 15) is 9.59 Å². The van der Waals surface area contributed by atoms with Crippen LogP contribution in [-0.4, -0.2) is 38.7 Å². The Balaban J connectivity index is 1.79. The molecule has 2 atom stereocenters. The van der Waals surface area contributed by atoms with Gasteiger partial charge in [0.1, 0.15) is 12.4 Å². The number of ether oxygens (including phenoxy) is 3. The molecule has 1 heterocycles. The van der Waals surface area contributed by atoms with Gasteiger partial charge in [-0.15, -0.1) is 0 Å². The summed E-state index contributed by atoms with van der Waals surface area (Å²) in [5.74, 6) is -0.225. The molecular weight excluding hydrogens is 430 g/mol. The first-order valence-corrected chi connectivity index (χ1v) is 11.7. The number of hydrogen-bond donors (Lipinski definition) is 1. The van der Waals surface area contributed by atoms with E-state index in [0.29, 0.717) is 48.6 Å². The quantitative estimate of drug-likeness (QED) is 0.456. The van der Waals surface area contributed by atoms with Crippen LogP contribution in [-0.2, 0) is 19.1 Å². The monoisotopic (exact) mass is 461 g/mol. The number of ketones is 1. The Morgan fingerprint density at radius 1 is 1.03 bits per heavy atom.